The lowest BCUT2D eigenvalue weighted by Gasteiger charge is -2.07. The third-order valence-corrected chi connectivity index (χ3v) is 2.15. The van der Waals surface area contributed by atoms with Gasteiger partial charge in [0.15, 0.2) is 0 Å². The minimum absolute atomic E-state index is 0.918. The zero-order valence-electron chi connectivity index (χ0n) is 10.3. The topological polar surface area (TPSA) is 12.0 Å². The van der Waals surface area contributed by atoms with Crippen molar-refractivity contribution in [3.8, 4) is 0 Å². The lowest BCUT2D eigenvalue weighted by Crippen LogP contribution is -2.14. The van der Waals surface area contributed by atoms with Crippen molar-refractivity contribution in [2.75, 3.05) is 13.1 Å². The van der Waals surface area contributed by atoms with Crippen LogP contribution in [-0.4, -0.2) is 13.1 Å². The summed E-state index contributed by atoms with van der Waals surface area (Å²) >= 11 is 0. The molecule has 84 valence electrons. The van der Waals surface area contributed by atoms with E-state index < -0.39 is 0 Å². The number of hydrogen-bond donors (Lipinski definition) is 1. The zero-order chi connectivity index (χ0) is 11.7. The van der Waals surface area contributed by atoms with E-state index in [-0.39, 0.29) is 0 Å². The lowest BCUT2D eigenvalue weighted by atomic mass is 10.0. The normalized spacial score (nSPS) is 12.7. The lowest BCUT2D eigenvalue weighted by molar-refractivity contribution is 0.727. The Morgan fingerprint density at radius 3 is 2.47 bits per heavy atom. The van der Waals surface area contributed by atoms with Gasteiger partial charge < -0.3 is 5.32 Å². The van der Waals surface area contributed by atoms with Crippen LogP contribution in [0.3, 0.4) is 0 Å². The Morgan fingerprint density at radius 1 is 1.33 bits per heavy atom. The van der Waals surface area contributed by atoms with Crippen LogP contribution < -0.4 is 5.32 Å². The molecule has 0 aromatic rings. The quantitative estimate of drug-likeness (QED) is 0.494. The molecule has 0 fully saturated rings. The van der Waals surface area contributed by atoms with Crippen molar-refractivity contribution in [1.82, 2.24) is 5.32 Å². The van der Waals surface area contributed by atoms with Crippen LogP contribution in [0.1, 0.15) is 27.2 Å². The molecule has 0 amide bonds. The molecule has 0 spiro atoms. The summed E-state index contributed by atoms with van der Waals surface area (Å²) in [7, 11) is 0. The molecule has 0 saturated heterocycles. The van der Waals surface area contributed by atoms with E-state index in [1.807, 2.05) is 13.0 Å². The maximum atomic E-state index is 3.96. The Balaban J connectivity index is 4.37. The summed E-state index contributed by atoms with van der Waals surface area (Å²) in [4.78, 5) is 0. The van der Waals surface area contributed by atoms with Gasteiger partial charge in [0, 0.05) is 6.54 Å². The molecule has 0 unspecified atom stereocenters. The number of rotatable bonds is 7. The molecular formula is C14H23N. The summed E-state index contributed by atoms with van der Waals surface area (Å²) in [6.07, 6.45) is 7.18. The van der Waals surface area contributed by atoms with E-state index in [0.717, 1.165) is 18.7 Å². The summed E-state index contributed by atoms with van der Waals surface area (Å²) < 4.78 is 0. The molecule has 0 saturated carbocycles. The molecular weight excluding hydrogens is 182 g/mol. The van der Waals surface area contributed by atoms with Crippen LogP contribution >= 0.6 is 0 Å². The van der Waals surface area contributed by atoms with E-state index in [0.29, 0.717) is 0 Å². The molecule has 0 bridgehead atoms. The second-order valence-corrected chi connectivity index (χ2v) is 3.69. The molecule has 0 aliphatic heterocycles. The van der Waals surface area contributed by atoms with Gasteiger partial charge in [0.25, 0.3) is 0 Å². The van der Waals surface area contributed by atoms with Crippen molar-refractivity contribution in [3.63, 3.8) is 0 Å². The first kappa shape index (κ1) is 13.9. The van der Waals surface area contributed by atoms with Gasteiger partial charge in [0.05, 0.1) is 0 Å². The molecule has 0 aliphatic rings. The van der Waals surface area contributed by atoms with E-state index in [2.05, 4.69) is 38.4 Å². The van der Waals surface area contributed by atoms with Crippen LogP contribution in [0.25, 0.3) is 0 Å². The maximum absolute atomic E-state index is 3.96. The zero-order valence-corrected chi connectivity index (χ0v) is 10.3. The molecule has 1 N–H and O–H groups in total. The molecule has 0 heterocycles. The summed E-state index contributed by atoms with van der Waals surface area (Å²) in [5, 5.41) is 3.34. The minimum Gasteiger partial charge on any atom is -0.313 e. The first-order chi connectivity index (χ1) is 7.13. The molecule has 0 aromatic heterocycles. The van der Waals surface area contributed by atoms with Crippen molar-refractivity contribution in [3.05, 3.63) is 48.1 Å². The predicted octanol–water partition coefficient (Wildman–Crippen LogP) is 3.62. The van der Waals surface area contributed by atoms with Crippen molar-refractivity contribution in [2.24, 2.45) is 0 Å². The molecule has 1 nitrogen and oxygen atoms in total. The Kier molecular flexibility index (Phi) is 7.65. The third-order valence-electron chi connectivity index (χ3n) is 2.15. The minimum atomic E-state index is 0.918. The fourth-order valence-electron chi connectivity index (χ4n) is 1.34. The highest BCUT2D eigenvalue weighted by molar-refractivity contribution is 5.45. The average molecular weight is 205 g/mol. The highest BCUT2D eigenvalue weighted by Crippen LogP contribution is 2.16. The highest BCUT2D eigenvalue weighted by Gasteiger charge is 1.98. The highest BCUT2D eigenvalue weighted by atomic mass is 14.8. The summed E-state index contributed by atoms with van der Waals surface area (Å²) in [5.74, 6) is 0. The summed E-state index contributed by atoms with van der Waals surface area (Å²) in [5.41, 5.74) is 3.52. The fourth-order valence-corrected chi connectivity index (χ4v) is 1.34. The summed E-state index contributed by atoms with van der Waals surface area (Å²) in [6, 6.07) is 0. The van der Waals surface area contributed by atoms with Gasteiger partial charge in [-0.05, 0) is 38.0 Å². The maximum Gasteiger partial charge on any atom is 0.0140 e. The van der Waals surface area contributed by atoms with E-state index >= 15 is 0 Å². The Hall–Kier alpha value is -1.08. The second kappa shape index (κ2) is 8.25. The van der Waals surface area contributed by atoms with E-state index in [1.165, 1.54) is 17.6 Å². The van der Waals surface area contributed by atoms with E-state index in [9.17, 15) is 0 Å². The molecule has 0 rings (SSSR count). The summed E-state index contributed by atoms with van der Waals surface area (Å²) in [6.45, 7) is 16.0. The van der Waals surface area contributed by atoms with Gasteiger partial charge in [-0.3, -0.25) is 0 Å². The third kappa shape index (κ3) is 6.08. The van der Waals surface area contributed by atoms with Crippen LogP contribution in [-0.2, 0) is 0 Å². The monoisotopic (exact) mass is 205 g/mol. The molecule has 1 heteroatoms. The Morgan fingerprint density at radius 2 is 2.00 bits per heavy atom. The van der Waals surface area contributed by atoms with Gasteiger partial charge >= 0.3 is 0 Å². The van der Waals surface area contributed by atoms with Crippen molar-refractivity contribution in [1.29, 1.82) is 0 Å². The van der Waals surface area contributed by atoms with Gasteiger partial charge in [-0.15, -0.1) is 0 Å². The first-order valence-electron chi connectivity index (χ1n) is 5.49. The number of hydrogen-bond acceptors (Lipinski definition) is 1. The number of allylic oxidation sites excluding steroid dienone is 5. The van der Waals surface area contributed by atoms with Crippen LogP contribution in [0, 0.1) is 0 Å². The van der Waals surface area contributed by atoms with Gasteiger partial charge in [-0.25, -0.2) is 0 Å². The molecule has 0 aromatic carbocycles. The Labute approximate surface area is 94.3 Å². The van der Waals surface area contributed by atoms with Gasteiger partial charge in [0.1, 0.15) is 0 Å². The SMILES string of the molecule is C=CC=C(C(=C)C)C(C)=CCNCCC. The van der Waals surface area contributed by atoms with Crippen LogP contribution in [0.4, 0.5) is 0 Å². The van der Waals surface area contributed by atoms with Gasteiger partial charge in [-0.2, -0.15) is 0 Å². The van der Waals surface area contributed by atoms with Crippen LogP contribution in [0.15, 0.2) is 48.1 Å². The molecule has 0 atom stereocenters. The standard InChI is InChI=1S/C14H23N/c1-6-8-14(12(3)4)13(5)9-11-15-10-7-2/h6,8-9,15H,1,3,7,10-11H2,2,4-5H3. The van der Waals surface area contributed by atoms with Crippen molar-refractivity contribution < 1.29 is 0 Å². The van der Waals surface area contributed by atoms with Crippen LogP contribution in [0.5, 0.6) is 0 Å². The fraction of sp³-hybridized carbons (Fsp3) is 0.429. The average Bonchev–Trinajstić information content (AvgIpc) is 2.20. The van der Waals surface area contributed by atoms with Crippen molar-refractivity contribution >= 4 is 0 Å². The molecule has 0 aliphatic carbocycles. The van der Waals surface area contributed by atoms with Crippen LogP contribution in [0.2, 0.25) is 0 Å². The van der Waals surface area contributed by atoms with Gasteiger partial charge in [-0.1, -0.05) is 43.9 Å². The molecule has 0 radical (unpaired) electrons. The Bertz CT molecular complexity index is 269. The first-order valence-corrected chi connectivity index (χ1v) is 5.49. The smallest absolute Gasteiger partial charge is 0.0140 e. The van der Waals surface area contributed by atoms with Crippen molar-refractivity contribution in [2.45, 2.75) is 27.2 Å². The van der Waals surface area contributed by atoms with Gasteiger partial charge in [0.2, 0.25) is 0 Å². The second-order valence-electron chi connectivity index (χ2n) is 3.69. The largest absolute Gasteiger partial charge is 0.313 e. The number of nitrogens with one attached hydrogen (secondary N) is 1. The molecule has 15 heavy (non-hydrogen) atoms. The van der Waals surface area contributed by atoms with E-state index in [1.54, 1.807) is 6.08 Å². The predicted molar refractivity (Wildman–Crippen MR) is 70.0 cm³/mol. The van der Waals surface area contributed by atoms with E-state index in [4.69, 9.17) is 0 Å².